The lowest BCUT2D eigenvalue weighted by molar-refractivity contribution is 0.191. The van der Waals surface area contributed by atoms with Crippen molar-refractivity contribution in [1.29, 1.82) is 0 Å². The summed E-state index contributed by atoms with van der Waals surface area (Å²) in [5.41, 5.74) is 3.01. The van der Waals surface area contributed by atoms with Gasteiger partial charge in [0.25, 0.3) is 0 Å². The largest absolute Gasteiger partial charge is 0.492 e. The number of nitrogens with zero attached hydrogens (tertiary/aromatic N) is 1. The van der Waals surface area contributed by atoms with Gasteiger partial charge in [-0.05, 0) is 42.5 Å². The second-order valence-corrected chi connectivity index (χ2v) is 5.22. The Morgan fingerprint density at radius 1 is 1.11 bits per heavy atom. The van der Waals surface area contributed by atoms with Crippen molar-refractivity contribution in [2.24, 2.45) is 0 Å². The Morgan fingerprint density at radius 3 is 2.83 bits per heavy atom. The number of rotatable bonds is 4. The molecule has 1 aliphatic heterocycles. The number of ether oxygens (including phenoxy) is 1. The van der Waals surface area contributed by atoms with Crippen LogP contribution in [0.25, 0.3) is 0 Å². The monoisotopic (exact) mass is 246 g/mol. The third-order valence-corrected chi connectivity index (χ3v) is 3.96. The van der Waals surface area contributed by atoms with Crippen LogP contribution in [0.1, 0.15) is 17.5 Å². The van der Waals surface area contributed by atoms with Gasteiger partial charge in [-0.25, -0.2) is 0 Å². The summed E-state index contributed by atoms with van der Waals surface area (Å²) in [5.74, 6) is 1.05. The van der Waals surface area contributed by atoms with Gasteiger partial charge >= 0.3 is 0 Å². The van der Waals surface area contributed by atoms with E-state index in [4.69, 9.17) is 4.74 Å². The van der Waals surface area contributed by atoms with Crippen molar-refractivity contribution in [3.8, 4) is 5.75 Å². The Morgan fingerprint density at radius 2 is 1.94 bits per heavy atom. The third-order valence-electron chi connectivity index (χ3n) is 3.96. The average molecular weight is 246 g/mol. The first kappa shape index (κ1) is 12.0. The lowest BCUT2D eigenvalue weighted by Gasteiger charge is -2.26. The van der Waals surface area contributed by atoms with Crippen molar-refractivity contribution in [3.63, 3.8) is 0 Å². The zero-order valence-electron chi connectivity index (χ0n) is 11.0. The van der Waals surface area contributed by atoms with Gasteiger partial charge in [0.2, 0.25) is 0 Å². The van der Waals surface area contributed by atoms with Gasteiger partial charge in [-0.1, -0.05) is 6.07 Å². The van der Waals surface area contributed by atoms with Gasteiger partial charge in [0.05, 0.1) is 0 Å². The van der Waals surface area contributed by atoms with Gasteiger partial charge in [-0.3, -0.25) is 4.90 Å². The molecule has 1 aromatic carbocycles. The highest BCUT2D eigenvalue weighted by Crippen LogP contribution is 2.25. The van der Waals surface area contributed by atoms with E-state index in [2.05, 4.69) is 28.4 Å². The quantitative estimate of drug-likeness (QED) is 0.870. The minimum Gasteiger partial charge on any atom is -0.492 e. The van der Waals surface area contributed by atoms with Gasteiger partial charge in [-0.2, -0.15) is 0 Å². The molecule has 1 aliphatic carbocycles. The Hall–Kier alpha value is -1.06. The van der Waals surface area contributed by atoms with E-state index in [0.717, 1.165) is 45.1 Å². The van der Waals surface area contributed by atoms with E-state index in [1.54, 1.807) is 0 Å². The van der Waals surface area contributed by atoms with E-state index in [0.29, 0.717) is 0 Å². The summed E-state index contributed by atoms with van der Waals surface area (Å²) in [7, 11) is 0. The molecular formula is C15H22N2O. The predicted octanol–water partition coefficient (Wildman–Crippen LogP) is 1.46. The van der Waals surface area contributed by atoms with E-state index in [1.807, 2.05) is 0 Å². The van der Waals surface area contributed by atoms with Crippen molar-refractivity contribution in [2.45, 2.75) is 19.3 Å². The molecule has 0 spiro atoms. The summed E-state index contributed by atoms with van der Waals surface area (Å²) < 4.78 is 5.87. The van der Waals surface area contributed by atoms with Crippen LogP contribution in [-0.4, -0.2) is 44.2 Å². The van der Waals surface area contributed by atoms with E-state index >= 15 is 0 Å². The van der Waals surface area contributed by atoms with Crippen LogP contribution in [0.2, 0.25) is 0 Å². The Labute approximate surface area is 109 Å². The molecule has 1 heterocycles. The van der Waals surface area contributed by atoms with Crippen LogP contribution in [0.5, 0.6) is 5.75 Å². The Bertz CT molecular complexity index is 399. The highest BCUT2D eigenvalue weighted by atomic mass is 16.5. The van der Waals surface area contributed by atoms with Crippen LogP contribution in [0, 0.1) is 0 Å². The van der Waals surface area contributed by atoms with Crippen molar-refractivity contribution in [2.75, 3.05) is 39.3 Å². The molecule has 3 nitrogen and oxygen atoms in total. The first-order valence-electron chi connectivity index (χ1n) is 7.09. The fourth-order valence-electron chi connectivity index (χ4n) is 2.87. The molecular weight excluding hydrogens is 224 g/mol. The number of fused-ring (bicyclic) bond motifs is 1. The van der Waals surface area contributed by atoms with Gasteiger partial charge < -0.3 is 10.1 Å². The van der Waals surface area contributed by atoms with Crippen LogP contribution < -0.4 is 10.1 Å². The van der Waals surface area contributed by atoms with Gasteiger partial charge in [0.15, 0.2) is 0 Å². The maximum atomic E-state index is 5.87. The zero-order chi connectivity index (χ0) is 12.2. The minimum atomic E-state index is 0.804. The maximum Gasteiger partial charge on any atom is 0.119 e. The smallest absolute Gasteiger partial charge is 0.119 e. The molecule has 0 radical (unpaired) electrons. The first-order valence-corrected chi connectivity index (χ1v) is 7.09. The summed E-state index contributed by atoms with van der Waals surface area (Å²) in [6.45, 7) is 6.36. The second kappa shape index (κ2) is 5.72. The molecule has 18 heavy (non-hydrogen) atoms. The van der Waals surface area contributed by atoms with E-state index in [1.165, 1.54) is 30.4 Å². The molecule has 3 rings (SSSR count). The Balaban J connectivity index is 1.48. The van der Waals surface area contributed by atoms with Crippen LogP contribution in [-0.2, 0) is 12.8 Å². The van der Waals surface area contributed by atoms with Crippen molar-refractivity contribution in [3.05, 3.63) is 29.3 Å². The molecule has 0 unspecified atom stereocenters. The SMILES string of the molecule is c1cc2c(cc1OCCN1CCNCC1)CCC2. The number of piperazine rings is 1. The molecule has 98 valence electrons. The molecule has 1 saturated heterocycles. The topological polar surface area (TPSA) is 24.5 Å². The lowest BCUT2D eigenvalue weighted by atomic mass is 10.1. The van der Waals surface area contributed by atoms with E-state index < -0.39 is 0 Å². The molecule has 1 N–H and O–H groups in total. The number of benzene rings is 1. The third kappa shape index (κ3) is 2.85. The standard InChI is InChI=1S/C15H22N2O/c1-2-13-4-5-15(12-14(13)3-1)18-11-10-17-8-6-16-7-9-17/h4-5,12,16H,1-3,6-11H2. The second-order valence-electron chi connectivity index (χ2n) is 5.22. The van der Waals surface area contributed by atoms with Crippen molar-refractivity contribution < 1.29 is 4.74 Å². The number of aryl methyl sites for hydroxylation is 2. The van der Waals surface area contributed by atoms with Gasteiger partial charge in [0, 0.05) is 32.7 Å². The van der Waals surface area contributed by atoms with Crippen LogP contribution >= 0.6 is 0 Å². The summed E-state index contributed by atoms with van der Waals surface area (Å²) in [4.78, 5) is 2.46. The average Bonchev–Trinajstić information content (AvgIpc) is 2.87. The fourth-order valence-corrected chi connectivity index (χ4v) is 2.87. The summed E-state index contributed by atoms with van der Waals surface area (Å²) in [6, 6.07) is 6.60. The van der Waals surface area contributed by atoms with Crippen molar-refractivity contribution >= 4 is 0 Å². The summed E-state index contributed by atoms with van der Waals surface area (Å²) in [6.07, 6.45) is 3.78. The lowest BCUT2D eigenvalue weighted by Crippen LogP contribution is -2.44. The molecule has 0 atom stereocenters. The highest BCUT2D eigenvalue weighted by Gasteiger charge is 2.12. The molecule has 0 aromatic heterocycles. The summed E-state index contributed by atoms with van der Waals surface area (Å²) >= 11 is 0. The molecule has 1 fully saturated rings. The van der Waals surface area contributed by atoms with Crippen LogP contribution in [0.3, 0.4) is 0 Å². The Kier molecular flexibility index (Phi) is 3.81. The number of nitrogens with one attached hydrogen (secondary N) is 1. The molecule has 1 aromatic rings. The number of hydrogen-bond acceptors (Lipinski definition) is 3. The summed E-state index contributed by atoms with van der Waals surface area (Å²) in [5, 5.41) is 3.37. The van der Waals surface area contributed by atoms with Gasteiger partial charge in [0.1, 0.15) is 12.4 Å². The number of hydrogen-bond donors (Lipinski definition) is 1. The first-order chi connectivity index (χ1) is 8.92. The highest BCUT2D eigenvalue weighted by molar-refractivity contribution is 5.38. The zero-order valence-corrected chi connectivity index (χ0v) is 11.0. The van der Waals surface area contributed by atoms with Crippen LogP contribution in [0.15, 0.2) is 18.2 Å². The molecule has 0 bridgehead atoms. The minimum absolute atomic E-state index is 0.804. The van der Waals surface area contributed by atoms with Gasteiger partial charge in [-0.15, -0.1) is 0 Å². The van der Waals surface area contributed by atoms with E-state index in [9.17, 15) is 0 Å². The van der Waals surface area contributed by atoms with Crippen LogP contribution in [0.4, 0.5) is 0 Å². The molecule has 0 amide bonds. The molecule has 3 heteroatoms. The normalized spacial score (nSPS) is 19.8. The maximum absolute atomic E-state index is 5.87. The predicted molar refractivity (Wildman–Crippen MR) is 73.3 cm³/mol. The molecule has 2 aliphatic rings. The van der Waals surface area contributed by atoms with E-state index in [-0.39, 0.29) is 0 Å². The molecule has 0 saturated carbocycles. The van der Waals surface area contributed by atoms with Crippen molar-refractivity contribution in [1.82, 2.24) is 10.2 Å². The fraction of sp³-hybridized carbons (Fsp3) is 0.600.